The van der Waals surface area contributed by atoms with Gasteiger partial charge in [-0.25, -0.2) is 4.79 Å². The Kier molecular flexibility index (Phi) is 3.20. The molecule has 0 radical (unpaired) electrons. The maximum atomic E-state index is 12.5. The Morgan fingerprint density at radius 2 is 1.74 bits per heavy atom. The second kappa shape index (κ2) is 5.25. The Balaban J connectivity index is 2.00. The lowest BCUT2D eigenvalue weighted by atomic mass is 9.87. The van der Waals surface area contributed by atoms with Crippen LogP contribution in [0.1, 0.15) is 23.5 Å². The van der Waals surface area contributed by atoms with Crippen LogP contribution in [-0.2, 0) is 4.79 Å². The van der Waals surface area contributed by atoms with Crippen molar-refractivity contribution in [1.82, 2.24) is 0 Å². The van der Waals surface area contributed by atoms with E-state index < -0.39 is 11.5 Å². The molecule has 0 saturated heterocycles. The van der Waals surface area contributed by atoms with Crippen molar-refractivity contribution in [3.05, 3.63) is 75.1 Å². The Hall–Kier alpha value is -2.59. The molecule has 0 spiro atoms. The monoisotopic (exact) mass is 326 g/mol. The number of benzene rings is 2. The summed E-state index contributed by atoms with van der Waals surface area (Å²) in [6.45, 7) is 0. The maximum absolute atomic E-state index is 12.5. The highest BCUT2D eigenvalue weighted by Crippen LogP contribution is 2.40. The summed E-state index contributed by atoms with van der Waals surface area (Å²) < 4.78 is 10.8. The molecule has 0 bridgehead atoms. The highest BCUT2D eigenvalue weighted by atomic mass is 35.5. The van der Waals surface area contributed by atoms with Crippen molar-refractivity contribution in [2.75, 3.05) is 0 Å². The number of carbonyl (C=O) groups is 1. The lowest BCUT2D eigenvalue weighted by Gasteiger charge is -2.24. The molecule has 1 aliphatic heterocycles. The van der Waals surface area contributed by atoms with Gasteiger partial charge in [0.2, 0.25) is 0 Å². The average Bonchev–Trinajstić information content (AvgIpc) is 2.55. The van der Waals surface area contributed by atoms with Gasteiger partial charge in [-0.3, -0.25) is 4.79 Å². The van der Waals surface area contributed by atoms with Crippen LogP contribution < -0.4 is 10.4 Å². The van der Waals surface area contributed by atoms with Crippen LogP contribution in [0.25, 0.3) is 11.0 Å². The molecule has 2 heterocycles. The third kappa shape index (κ3) is 2.32. The number of hydrogen-bond donors (Lipinski definition) is 0. The van der Waals surface area contributed by atoms with E-state index in [9.17, 15) is 9.59 Å². The first-order valence-corrected chi connectivity index (χ1v) is 7.53. The van der Waals surface area contributed by atoms with Crippen molar-refractivity contribution in [3.8, 4) is 5.75 Å². The molecule has 0 amide bonds. The van der Waals surface area contributed by atoms with E-state index in [-0.39, 0.29) is 12.4 Å². The number of para-hydroxylation sites is 1. The highest BCUT2D eigenvalue weighted by molar-refractivity contribution is 6.30. The van der Waals surface area contributed by atoms with E-state index in [1.165, 1.54) is 0 Å². The van der Waals surface area contributed by atoms with E-state index in [1.54, 1.807) is 30.3 Å². The zero-order valence-electron chi connectivity index (χ0n) is 11.9. The summed E-state index contributed by atoms with van der Waals surface area (Å²) in [4.78, 5) is 24.5. The molecule has 0 N–H and O–H groups in total. The SMILES string of the molecule is O=C1C[C@@H](c2ccc(Cl)cc2)c2c(c3ccccc3oc2=O)O1. The number of carbonyl (C=O) groups excluding carboxylic acids is 1. The van der Waals surface area contributed by atoms with Crippen LogP contribution >= 0.6 is 11.6 Å². The predicted octanol–water partition coefficient (Wildman–Crippen LogP) is 3.89. The lowest BCUT2D eigenvalue weighted by Crippen LogP contribution is -2.26. The van der Waals surface area contributed by atoms with Gasteiger partial charge in [-0.05, 0) is 29.8 Å². The fraction of sp³-hybridized carbons (Fsp3) is 0.111. The zero-order chi connectivity index (χ0) is 16.0. The molecular formula is C18H11ClO4. The van der Waals surface area contributed by atoms with Gasteiger partial charge in [0.25, 0.3) is 0 Å². The summed E-state index contributed by atoms with van der Waals surface area (Å²) in [6, 6.07) is 14.1. The Bertz CT molecular complexity index is 972. The van der Waals surface area contributed by atoms with Gasteiger partial charge >= 0.3 is 11.6 Å². The van der Waals surface area contributed by atoms with E-state index in [2.05, 4.69) is 0 Å². The number of hydrogen-bond acceptors (Lipinski definition) is 4. The fourth-order valence-electron chi connectivity index (χ4n) is 2.95. The molecule has 1 aliphatic rings. The molecule has 114 valence electrons. The van der Waals surface area contributed by atoms with Crippen LogP contribution in [0.4, 0.5) is 0 Å². The Morgan fingerprint density at radius 3 is 2.52 bits per heavy atom. The normalized spacial score (nSPS) is 16.9. The van der Waals surface area contributed by atoms with Crippen LogP contribution in [0.3, 0.4) is 0 Å². The second-order valence-electron chi connectivity index (χ2n) is 5.41. The van der Waals surface area contributed by atoms with Crippen molar-refractivity contribution in [3.63, 3.8) is 0 Å². The second-order valence-corrected chi connectivity index (χ2v) is 5.85. The largest absolute Gasteiger partial charge is 0.425 e. The number of esters is 1. The maximum Gasteiger partial charge on any atom is 0.343 e. The summed E-state index contributed by atoms with van der Waals surface area (Å²) in [7, 11) is 0. The van der Waals surface area contributed by atoms with Gasteiger partial charge in [0.15, 0.2) is 5.75 Å². The summed E-state index contributed by atoms with van der Waals surface area (Å²) in [5.41, 5.74) is 1.13. The molecule has 0 fully saturated rings. The zero-order valence-corrected chi connectivity index (χ0v) is 12.7. The number of halogens is 1. The van der Waals surface area contributed by atoms with Gasteiger partial charge in [0.05, 0.1) is 17.4 Å². The molecule has 0 saturated carbocycles. The third-order valence-corrected chi connectivity index (χ3v) is 4.26. The first-order chi connectivity index (χ1) is 11.1. The topological polar surface area (TPSA) is 56.5 Å². The van der Waals surface area contributed by atoms with Gasteiger partial charge in [-0.2, -0.15) is 0 Å². The first kappa shape index (κ1) is 14.0. The number of fused-ring (bicyclic) bond motifs is 3. The van der Waals surface area contributed by atoms with Crippen LogP contribution in [0.5, 0.6) is 5.75 Å². The molecule has 4 rings (SSSR count). The number of ether oxygens (including phenoxy) is 1. The molecule has 0 unspecified atom stereocenters. The van der Waals surface area contributed by atoms with Crippen molar-refractivity contribution >= 4 is 28.5 Å². The molecule has 2 aromatic carbocycles. The minimum Gasteiger partial charge on any atom is -0.425 e. The summed E-state index contributed by atoms with van der Waals surface area (Å²) in [5, 5.41) is 1.21. The summed E-state index contributed by atoms with van der Waals surface area (Å²) in [5.74, 6) is -0.467. The minimum atomic E-state index is -0.480. The standard InChI is InChI=1S/C18H11ClO4/c19-11-7-5-10(6-8-11)13-9-15(20)23-17-12-3-1-2-4-14(12)22-18(21)16(13)17/h1-8,13H,9H2/t13-/m0/s1. The van der Waals surface area contributed by atoms with E-state index in [4.69, 9.17) is 20.8 Å². The van der Waals surface area contributed by atoms with Crippen molar-refractivity contribution in [1.29, 1.82) is 0 Å². The third-order valence-electron chi connectivity index (χ3n) is 4.01. The molecule has 5 heteroatoms. The van der Waals surface area contributed by atoms with Gasteiger partial charge in [0, 0.05) is 10.9 Å². The molecule has 1 aromatic heterocycles. The molecular weight excluding hydrogens is 316 g/mol. The molecule has 4 nitrogen and oxygen atoms in total. The quantitative estimate of drug-likeness (QED) is 0.503. The number of rotatable bonds is 1. The van der Waals surface area contributed by atoms with E-state index in [0.717, 1.165) is 5.56 Å². The van der Waals surface area contributed by atoms with Crippen LogP contribution in [0.15, 0.2) is 57.7 Å². The summed E-state index contributed by atoms with van der Waals surface area (Å²) in [6.07, 6.45) is 0.0950. The average molecular weight is 327 g/mol. The lowest BCUT2D eigenvalue weighted by molar-refractivity contribution is -0.135. The van der Waals surface area contributed by atoms with Gasteiger partial charge in [0.1, 0.15) is 5.58 Å². The molecule has 23 heavy (non-hydrogen) atoms. The van der Waals surface area contributed by atoms with Crippen molar-refractivity contribution in [2.45, 2.75) is 12.3 Å². The van der Waals surface area contributed by atoms with E-state index >= 15 is 0 Å². The molecule has 1 atom stereocenters. The highest BCUT2D eigenvalue weighted by Gasteiger charge is 2.33. The van der Waals surface area contributed by atoms with Gasteiger partial charge in [-0.15, -0.1) is 0 Å². The van der Waals surface area contributed by atoms with Crippen LogP contribution in [-0.4, -0.2) is 5.97 Å². The molecule has 3 aromatic rings. The van der Waals surface area contributed by atoms with Crippen molar-refractivity contribution < 1.29 is 13.9 Å². The fourth-order valence-corrected chi connectivity index (χ4v) is 3.08. The van der Waals surface area contributed by atoms with Crippen molar-refractivity contribution in [2.24, 2.45) is 0 Å². The van der Waals surface area contributed by atoms with Gasteiger partial charge < -0.3 is 9.15 Å². The van der Waals surface area contributed by atoms with Gasteiger partial charge in [-0.1, -0.05) is 35.9 Å². The Labute approximate surface area is 136 Å². The Morgan fingerprint density at radius 1 is 1.00 bits per heavy atom. The first-order valence-electron chi connectivity index (χ1n) is 7.15. The van der Waals surface area contributed by atoms with Crippen LogP contribution in [0.2, 0.25) is 5.02 Å². The summed E-state index contributed by atoms with van der Waals surface area (Å²) >= 11 is 5.92. The van der Waals surface area contributed by atoms with E-state index in [1.807, 2.05) is 18.2 Å². The smallest absolute Gasteiger partial charge is 0.343 e. The van der Waals surface area contributed by atoms with E-state index in [0.29, 0.717) is 27.3 Å². The minimum absolute atomic E-state index is 0.0950. The molecule has 0 aliphatic carbocycles. The predicted molar refractivity (Wildman–Crippen MR) is 86.0 cm³/mol. The van der Waals surface area contributed by atoms with Crippen LogP contribution in [0, 0.1) is 0 Å².